The summed E-state index contributed by atoms with van der Waals surface area (Å²) in [5, 5.41) is 1.48. The molecule has 1 saturated carbocycles. The van der Waals surface area contributed by atoms with Crippen molar-refractivity contribution in [1.29, 1.82) is 0 Å². The number of nitrogens with zero attached hydrogens (tertiary/aromatic N) is 1. The number of hydrogen-bond acceptors (Lipinski definition) is 4. The number of hydrogen-bond donors (Lipinski definition) is 1. The molecule has 0 spiro atoms. The van der Waals surface area contributed by atoms with Gasteiger partial charge in [0.15, 0.2) is 0 Å². The summed E-state index contributed by atoms with van der Waals surface area (Å²) in [5.74, 6) is -0.591. The SMILES string of the molecule is CN(C1CCCCC1)S(=O)(=O)c1csc(C(N)=O)c1. The summed E-state index contributed by atoms with van der Waals surface area (Å²) in [4.78, 5) is 11.5. The maximum atomic E-state index is 12.4. The fourth-order valence-corrected chi connectivity index (χ4v) is 4.92. The minimum absolute atomic E-state index is 0.0654. The Labute approximate surface area is 117 Å². The van der Waals surface area contributed by atoms with Crippen LogP contribution in [0.25, 0.3) is 0 Å². The van der Waals surface area contributed by atoms with Crippen LogP contribution in [0.4, 0.5) is 0 Å². The molecule has 1 amide bonds. The minimum Gasteiger partial charge on any atom is -0.365 e. The van der Waals surface area contributed by atoms with E-state index in [9.17, 15) is 13.2 Å². The first-order valence-electron chi connectivity index (χ1n) is 6.29. The van der Waals surface area contributed by atoms with Gasteiger partial charge in [-0.2, -0.15) is 4.31 Å². The Morgan fingerprint density at radius 3 is 2.53 bits per heavy atom. The molecule has 1 aromatic rings. The van der Waals surface area contributed by atoms with Gasteiger partial charge in [-0.25, -0.2) is 8.42 Å². The van der Waals surface area contributed by atoms with Crippen molar-refractivity contribution < 1.29 is 13.2 Å². The smallest absolute Gasteiger partial charge is 0.258 e. The molecule has 0 atom stereocenters. The predicted octanol–water partition coefficient (Wildman–Crippen LogP) is 1.80. The zero-order valence-corrected chi connectivity index (χ0v) is 12.5. The number of nitrogens with two attached hydrogens (primary N) is 1. The number of thiophene rings is 1. The van der Waals surface area contributed by atoms with Gasteiger partial charge in [0.05, 0.1) is 9.77 Å². The highest BCUT2D eigenvalue weighted by Gasteiger charge is 2.30. The van der Waals surface area contributed by atoms with Crippen molar-refractivity contribution in [2.45, 2.75) is 43.0 Å². The van der Waals surface area contributed by atoms with E-state index in [0.29, 0.717) is 0 Å². The van der Waals surface area contributed by atoms with Gasteiger partial charge in [0.1, 0.15) is 0 Å². The van der Waals surface area contributed by atoms with Crippen molar-refractivity contribution in [1.82, 2.24) is 4.31 Å². The van der Waals surface area contributed by atoms with Gasteiger partial charge in [0, 0.05) is 18.5 Å². The van der Waals surface area contributed by atoms with Crippen LogP contribution in [0.5, 0.6) is 0 Å². The third-order valence-corrected chi connectivity index (χ3v) is 6.57. The Bertz CT molecular complexity index is 559. The van der Waals surface area contributed by atoms with Gasteiger partial charge >= 0.3 is 0 Å². The van der Waals surface area contributed by atoms with Crippen LogP contribution in [0, 0.1) is 0 Å². The highest BCUT2D eigenvalue weighted by Crippen LogP contribution is 2.28. The molecule has 1 aromatic heterocycles. The first kappa shape index (κ1) is 14.5. The average Bonchev–Trinajstić information content (AvgIpc) is 2.89. The Balaban J connectivity index is 2.22. The zero-order valence-electron chi connectivity index (χ0n) is 10.8. The molecule has 7 heteroatoms. The normalized spacial score (nSPS) is 17.8. The molecule has 0 saturated heterocycles. The number of amides is 1. The first-order chi connectivity index (χ1) is 8.93. The van der Waals surface area contributed by atoms with Crippen molar-refractivity contribution in [3.63, 3.8) is 0 Å². The van der Waals surface area contributed by atoms with Gasteiger partial charge in [-0.3, -0.25) is 4.79 Å². The van der Waals surface area contributed by atoms with Gasteiger partial charge in [0.2, 0.25) is 10.0 Å². The van der Waals surface area contributed by atoms with Crippen molar-refractivity contribution in [2.75, 3.05) is 7.05 Å². The van der Waals surface area contributed by atoms with Crippen LogP contribution >= 0.6 is 11.3 Å². The molecule has 1 aliphatic carbocycles. The fourth-order valence-electron chi connectivity index (χ4n) is 2.39. The molecule has 0 unspecified atom stereocenters. The number of sulfonamides is 1. The molecule has 0 bridgehead atoms. The van der Waals surface area contributed by atoms with Crippen molar-refractivity contribution in [3.8, 4) is 0 Å². The summed E-state index contributed by atoms with van der Waals surface area (Å²) in [6.07, 6.45) is 5.13. The molecule has 0 aliphatic heterocycles. The molecule has 106 valence electrons. The lowest BCUT2D eigenvalue weighted by molar-refractivity contribution is 0.100. The molecule has 0 radical (unpaired) electrons. The molecule has 1 heterocycles. The van der Waals surface area contributed by atoms with E-state index in [4.69, 9.17) is 5.73 Å². The third kappa shape index (κ3) is 2.98. The van der Waals surface area contributed by atoms with E-state index in [1.165, 1.54) is 22.2 Å². The third-order valence-electron chi connectivity index (χ3n) is 3.58. The van der Waals surface area contributed by atoms with E-state index >= 15 is 0 Å². The second-order valence-electron chi connectivity index (χ2n) is 4.82. The molecular weight excluding hydrogens is 284 g/mol. The van der Waals surface area contributed by atoms with Crippen LogP contribution in [0.15, 0.2) is 16.3 Å². The second-order valence-corrected chi connectivity index (χ2v) is 7.73. The van der Waals surface area contributed by atoms with Gasteiger partial charge in [-0.05, 0) is 18.9 Å². The maximum absolute atomic E-state index is 12.4. The maximum Gasteiger partial charge on any atom is 0.258 e. The monoisotopic (exact) mass is 302 g/mol. The lowest BCUT2D eigenvalue weighted by Crippen LogP contribution is -2.38. The van der Waals surface area contributed by atoms with Crippen LogP contribution in [0.3, 0.4) is 0 Å². The van der Waals surface area contributed by atoms with Crippen LogP contribution in [0.2, 0.25) is 0 Å². The van der Waals surface area contributed by atoms with Gasteiger partial charge in [-0.1, -0.05) is 19.3 Å². The molecule has 1 aliphatic rings. The molecular formula is C12H18N2O3S2. The zero-order chi connectivity index (χ0) is 14.0. The molecule has 2 N–H and O–H groups in total. The highest BCUT2D eigenvalue weighted by molar-refractivity contribution is 7.89. The topological polar surface area (TPSA) is 80.5 Å². The average molecular weight is 302 g/mol. The lowest BCUT2D eigenvalue weighted by Gasteiger charge is -2.30. The van der Waals surface area contributed by atoms with E-state index < -0.39 is 15.9 Å². The summed E-state index contributed by atoms with van der Waals surface area (Å²) in [6, 6.07) is 1.43. The molecule has 2 rings (SSSR count). The van der Waals surface area contributed by atoms with Crippen molar-refractivity contribution in [3.05, 3.63) is 16.3 Å². The van der Waals surface area contributed by atoms with Crippen molar-refractivity contribution >= 4 is 27.3 Å². The molecule has 0 aromatic carbocycles. The largest absolute Gasteiger partial charge is 0.365 e. The molecule has 19 heavy (non-hydrogen) atoms. The molecule has 5 nitrogen and oxygen atoms in total. The van der Waals surface area contributed by atoms with E-state index in [-0.39, 0.29) is 15.8 Å². The highest BCUT2D eigenvalue weighted by atomic mass is 32.2. The van der Waals surface area contributed by atoms with E-state index in [0.717, 1.165) is 37.0 Å². The standard InChI is InChI=1S/C12H18N2O3S2/c1-14(9-5-3-2-4-6-9)19(16,17)10-7-11(12(13)15)18-8-10/h7-9H,2-6H2,1H3,(H2,13,15). The summed E-state index contributed by atoms with van der Waals surface area (Å²) in [6.45, 7) is 0. The van der Waals surface area contributed by atoms with Gasteiger partial charge < -0.3 is 5.73 Å². The van der Waals surface area contributed by atoms with Gasteiger partial charge in [-0.15, -0.1) is 11.3 Å². The Morgan fingerprint density at radius 2 is 2.00 bits per heavy atom. The van der Waals surface area contributed by atoms with Crippen molar-refractivity contribution in [2.24, 2.45) is 5.73 Å². The number of rotatable bonds is 4. The lowest BCUT2D eigenvalue weighted by atomic mass is 9.96. The Hall–Kier alpha value is -0.920. The predicted molar refractivity (Wildman–Crippen MR) is 74.7 cm³/mol. The summed E-state index contributed by atoms with van der Waals surface area (Å²) >= 11 is 1.07. The Kier molecular flexibility index (Phi) is 4.27. The van der Waals surface area contributed by atoms with Gasteiger partial charge in [0.25, 0.3) is 5.91 Å². The first-order valence-corrected chi connectivity index (χ1v) is 8.61. The summed E-state index contributed by atoms with van der Waals surface area (Å²) in [5.41, 5.74) is 5.15. The van der Waals surface area contributed by atoms with E-state index in [1.54, 1.807) is 7.05 Å². The van der Waals surface area contributed by atoms with Crippen LogP contribution in [0.1, 0.15) is 41.8 Å². The number of carbonyl (C=O) groups excluding carboxylic acids is 1. The fraction of sp³-hybridized carbons (Fsp3) is 0.583. The van der Waals surface area contributed by atoms with Crippen LogP contribution in [-0.4, -0.2) is 31.7 Å². The minimum atomic E-state index is -3.52. The van der Waals surface area contributed by atoms with Crippen LogP contribution in [-0.2, 0) is 10.0 Å². The summed E-state index contributed by atoms with van der Waals surface area (Å²) in [7, 11) is -1.90. The Morgan fingerprint density at radius 1 is 1.37 bits per heavy atom. The number of primary amides is 1. The van der Waals surface area contributed by atoms with Crippen LogP contribution < -0.4 is 5.73 Å². The summed E-state index contributed by atoms with van der Waals surface area (Å²) < 4.78 is 26.3. The second kappa shape index (κ2) is 5.60. The quantitative estimate of drug-likeness (QED) is 0.921. The van der Waals surface area contributed by atoms with E-state index in [2.05, 4.69) is 0 Å². The van der Waals surface area contributed by atoms with E-state index in [1.807, 2.05) is 0 Å². The molecule has 1 fully saturated rings. The number of carbonyl (C=O) groups is 1.